The predicted molar refractivity (Wildman–Crippen MR) is 111 cm³/mol. The fraction of sp³-hybridized carbons (Fsp3) is 0.0417. The fourth-order valence-electron chi connectivity index (χ4n) is 3.86. The van der Waals surface area contributed by atoms with Crippen LogP contribution in [0.15, 0.2) is 101 Å². The van der Waals surface area contributed by atoms with Gasteiger partial charge >= 0.3 is 0 Å². The van der Waals surface area contributed by atoms with Crippen LogP contribution in [0, 0.1) is 0 Å². The monoisotopic (exact) mass is 396 g/mol. The second-order valence-electron chi connectivity index (χ2n) is 6.90. The van der Waals surface area contributed by atoms with Gasteiger partial charge in [-0.15, -0.1) is 0 Å². The van der Waals surface area contributed by atoms with E-state index in [1.54, 1.807) is 36.5 Å². The number of benzene rings is 2. The minimum Gasteiger partial charge on any atom is -0.503 e. The second kappa shape index (κ2) is 7.00. The van der Waals surface area contributed by atoms with Gasteiger partial charge in [0.15, 0.2) is 11.5 Å². The molecular formula is C24H16N2O4. The molecule has 0 spiro atoms. The number of Topliss-reactive ketones (excluding diaryl/α,β-unsaturated/α-hetero) is 1. The summed E-state index contributed by atoms with van der Waals surface area (Å²) in [5.41, 5.74) is 1.00. The first kappa shape index (κ1) is 17.9. The summed E-state index contributed by atoms with van der Waals surface area (Å²) < 4.78 is 5.24. The normalized spacial score (nSPS) is 16.5. The van der Waals surface area contributed by atoms with Crippen LogP contribution in [0.5, 0.6) is 0 Å². The summed E-state index contributed by atoms with van der Waals surface area (Å²) in [5, 5.41) is 12.5. The molecular weight excluding hydrogens is 380 g/mol. The fourth-order valence-corrected chi connectivity index (χ4v) is 3.86. The topological polar surface area (TPSA) is 83.6 Å². The summed E-state index contributed by atoms with van der Waals surface area (Å²) in [7, 11) is 0. The Morgan fingerprint density at radius 2 is 1.77 bits per heavy atom. The Kier molecular flexibility index (Phi) is 4.17. The molecule has 1 aliphatic heterocycles. The van der Waals surface area contributed by atoms with Gasteiger partial charge in [-0.3, -0.25) is 19.5 Å². The maximum absolute atomic E-state index is 13.2. The Hall–Kier alpha value is -4.19. The summed E-state index contributed by atoms with van der Waals surface area (Å²) >= 11 is 0. The molecule has 0 aliphatic carbocycles. The van der Waals surface area contributed by atoms with Crippen LogP contribution in [0.1, 0.15) is 22.3 Å². The number of aliphatic hydroxyl groups excluding tert-OH is 1. The van der Waals surface area contributed by atoms with Gasteiger partial charge in [0.05, 0.1) is 23.2 Å². The number of hydrogen-bond donors (Lipinski definition) is 1. The molecule has 0 bridgehead atoms. The number of rotatable bonds is 4. The lowest BCUT2D eigenvalue weighted by Gasteiger charge is -2.27. The smallest absolute Gasteiger partial charge is 0.294 e. The molecule has 5 rings (SSSR count). The molecule has 3 heterocycles. The minimum absolute atomic E-state index is 0.0463. The molecule has 6 nitrogen and oxygen atoms in total. The summed E-state index contributed by atoms with van der Waals surface area (Å²) in [5.74, 6) is -1.76. The highest BCUT2D eigenvalue weighted by Gasteiger charge is 2.46. The van der Waals surface area contributed by atoms with Crippen molar-refractivity contribution >= 4 is 28.2 Å². The van der Waals surface area contributed by atoms with Gasteiger partial charge in [-0.1, -0.05) is 42.5 Å². The highest BCUT2D eigenvalue weighted by molar-refractivity contribution is 6.21. The van der Waals surface area contributed by atoms with E-state index in [1.165, 1.54) is 17.2 Å². The number of aliphatic hydroxyl groups is 1. The number of aromatic nitrogens is 1. The number of hydrogen-bond acceptors (Lipinski definition) is 5. The Balaban J connectivity index is 1.73. The zero-order valence-corrected chi connectivity index (χ0v) is 15.7. The van der Waals surface area contributed by atoms with Gasteiger partial charge < -0.3 is 9.52 Å². The number of ketones is 1. The lowest BCUT2D eigenvalue weighted by molar-refractivity contribution is -0.117. The molecule has 2 aromatic heterocycles. The van der Waals surface area contributed by atoms with E-state index in [9.17, 15) is 14.7 Å². The van der Waals surface area contributed by atoms with Crippen molar-refractivity contribution in [1.29, 1.82) is 0 Å². The minimum atomic E-state index is -0.887. The Labute approximate surface area is 171 Å². The molecule has 1 atom stereocenters. The van der Waals surface area contributed by atoms with Crippen molar-refractivity contribution < 1.29 is 19.1 Å². The van der Waals surface area contributed by atoms with Gasteiger partial charge in [-0.25, -0.2) is 0 Å². The number of anilines is 1. The zero-order valence-electron chi connectivity index (χ0n) is 15.7. The molecule has 2 aromatic carbocycles. The number of fused-ring (bicyclic) bond motifs is 1. The number of amides is 1. The van der Waals surface area contributed by atoms with Crippen LogP contribution in [0.2, 0.25) is 0 Å². The summed E-state index contributed by atoms with van der Waals surface area (Å²) in [6.45, 7) is 0. The number of carbonyl (C=O) groups excluding carboxylic acids is 2. The average molecular weight is 396 g/mol. The van der Waals surface area contributed by atoms with Crippen LogP contribution in [0.4, 0.5) is 5.69 Å². The molecule has 1 amide bonds. The highest BCUT2D eigenvalue weighted by atomic mass is 16.3. The molecule has 6 heteroatoms. The van der Waals surface area contributed by atoms with E-state index in [0.717, 1.165) is 10.8 Å². The lowest BCUT2D eigenvalue weighted by atomic mass is 9.97. The largest absolute Gasteiger partial charge is 0.503 e. The standard InChI is InChI=1S/C24H16N2O4/c27-22(19-12-6-14-30-19)20-21(17-10-3-4-13-25-17)26(24(29)23(20)28)18-11-5-8-15-7-1-2-9-16(15)18/h1-14,21,28H. The third kappa shape index (κ3) is 2.69. The first-order valence-corrected chi connectivity index (χ1v) is 9.40. The van der Waals surface area contributed by atoms with Crippen molar-refractivity contribution in [2.75, 3.05) is 4.90 Å². The Morgan fingerprint density at radius 1 is 0.967 bits per heavy atom. The molecule has 0 fully saturated rings. The van der Waals surface area contributed by atoms with Gasteiger partial charge in [0, 0.05) is 11.6 Å². The van der Waals surface area contributed by atoms with E-state index in [0.29, 0.717) is 11.4 Å². The molecule has 1 unspecified atom stereocenters. The number of nitrogens with zero attached hydrogens (tertiary/aromatic N) is 2. The van der Waals surface area contributed by atoms with Crippen LogP contribution < -0.4 is 4.90 Å². The second-order valence-corrected chi connectivity index (χ2v) is 6.90. The average Bonchev–Trinajstić information content (AvgIpc) is 3.41. The van der Waals surface area contributed by atoms with Crippen LogP contribution >= 0.6 is 0 Å². The van der Waals surface area contributed by atoms with E-state index in [1.807, 2.05) is 36.4 Å². The van der Waals surface area contributed by atoms with Gasteiger partial charge in [0.1, 0.15) is 6.04 Å². The van der Waals surface area contributed by atoms with Gasteiger partial charge in [-0.05, 0) is 35.7 Å². The Bertz CT molecular complexity index is 1290. The van der Waals surface area contributed by atoms with Crippen LogP contribution in [-0.4, -0.2) is 21.8 Å². The third-order valence-electron chi connectivity index (χ3n) is 5.19. The highest BCUT2D eigenvalue weighted by Crippen LogP contribution is 2.43. The van der Waals surface area contributed by atoms with Crippen molar-refractivity contribution in [3.63, 3.8) is 0 Å². The van der Waals surface area contributed by atoms with E-state index in [4.69, 9.17) is 4.42 Å². The number of carbonyl (C=O) groups is 2. The summed E-state index contributed by atoms with van der Waals surface area (Å²) in [4.78, 5) is 32.2. The quantitative estimate of drug-likeness (QED) is 0.509. The SMILES string of the molecule is O=C(C1=C(O)C(=O)N(c2cccc3ccccc23)C1c1ccccn1)c1ccco1. The Morgan fingerprint density at radius 3 is 2.53 bits per heavy atom. The molecule has 30 heavy (non-hydrogen) atoms. The number of pyridine rings is 1. The van der Waals surface area contributed by atoms with Crippen LogP contribution in [0.3, 0.4) is 0 Å². The van der Waals surface area contributed by atoms with Gasteiger partial charge in [0.25, 0.3) is 5.91 Å². The van der Waals surface area contributed by atoms with Crippen molar-refractivity contribution in [1.82, 2.24) is 4.98 Å². The zero-order chi connectivity index (χ0) is 20.7. The van der Waals surface area contributed by atoms with E-state index in [-0.39, 0.29) is 11.3 Å². The molecule has 146 valence electrons. The first-order valence-electron chi connectivity index (χ1n) is 9.40. The van der Waals surface area contributed by atoms with E-state index in [2.05, 4.69) is 4.98 Å². The van der Waals surface area contributed by atoms with Gasteiger partial charge in [0.2, 0.25) is 5.78 Å². The molecule has 4 aromatic rings. The maximum atomic E-state index is 13.2. The number of furan rings is 1. The molecule has 0 radical (unpaired) electrons. The van der Waals surface area contributed by atoms with Crippen LogP contribution in [-0.2, 0) is 4.79 Å². The maximum Gasteiger partial charge on any atom is 0.294 e. The molecule has 0 saturated carbocycles. The van der Waals surface area contributed by atoms with Crippen molar-refractivity contribution in [2.24, 2.45) is 0 Å². The van der Waals surface area contributed by atoms with Gasteiger partial charge in [-0.2, -0.15) is 0 Å². The lowest BCUT2D eigenvalue weighted by Crippen LogP contribution is -2.31. The van der Waals surface area contributed by atoms with Crippen LogP contribution in [0.25, 0.3) is 10.8 Å². The van der Waals surface area contributed by atoms with Crippen molar-refractivity contribution in [3.05, 3.63) is 108 Å². The third-order valence-corrected chi connectivity index (χ3v) is 5.19. The molecule has 1 aliphatic rings. The van der Waals surface area contributed by atoms with Crippen molar-refractivity contribution in [3.8, 4) is 0 Å². The predicted octanol–water partition coefficient (Wildman–Crippen LogP) is 4.61. The van der Waals surface area contributed by atoms with E-state index >= 15 is 0 Å². The molecule has 0 saturated heterocycles. The summed E-state index contributed by atoms with van der Waals surface area (Å²) in [6, 6.07) is 20.7. The first-order chi connectivity index (χ1) is 14.7. The summed E-state index contributed by atoms with van der Waals surface area (Å²) in [6.07, 6.45) is 2.96. The molecule has 1 N–H and O–H groups in total. The van der Waals surface area contributed by atoms with Crippen molar-refractivity contribution in [2.45, 2.75) is 6.04 Å². The van der Waals surface area contributed by atoms with E-state index < -0.39 is 23.5 Å².